The van der Waals surface area contributed by atoms with E-state index in [1.165, 1.54) is 89.5 Å². The van der Waals surface area contributed by atoms with Gasteiger partial charge in [-0.15, -0.1) is 6.58 Å². The first-order valence-corrected chi connectivity index (χ1v) is 11.2. The number of allylic oxidation sites excluding steroid dienone is 6. The summed E-state index contributed by atoms with van der Waals surface area (Å²) in [6.07, 6.45) is 29.0. The second kappa shape index (κ2) is 32.8. The van der Waals surface area contributed by atoms with Crippen LogP contribution in [0, 0.1) is 17.2 Å². The van der Waals surface area contributed by atoms with E-state index in [0.29, 0.717) is 5.92 Å². The number of hydrogen-bond acceptors (Lipinski definition) is 1. The van der Waals surface area contributed by atoms with E-state index in [1.807, 2.05) is 0 Å². The summed E-state index contributed by atoms with van der Waals surface area (Å²) in [5.41, 5.74) is 0. The van der Waals surface area contributed by atoms with Gasteiger partial charge in [0.1, 0.15) is 0 Å². The molecular formula is C27H47N. The van der Waals surface area contributed by atoms with Crippen molar-refractivity contribution in [2.24, 2.45) is 5.92 Å². The van der Waals surface area contributed by atoms with Crippen LogP contribution in [0.15, 0.2) is 62.8 Å². The van der Waals surface area contributed by atoms with Gasteiger partial charge in [0.05, 0.1) is 6.07 Å². The van der Waals surface area contributed by atoms with Crippen LogP contribution >= 0.6 is 0 Å². The maximum atomic E-state index is 7.51. The smallest absolute Gasteiger partial charge is 0.0905 e. The van der Waals surface area contributed by atoms with Crippen LogP contribution in [0.4, 0.5) is 0 Å². The lowest BCUT2D eigenvalue weighted by molar-refractivity contribution is 0.527. The summed E-state index contributed by atoms with van der Waals surface area (Å²) in [7, 11) is 0. The first-order valence-electron chi connectivity index (χ1n) is 11.2. The molecule has 0 radical (unpaired) electrons. The number of unbranched alkanes of at least 4 members (excludes halogenated alkanes) is 9. The zero-order valence-corrected chi connectivity index (χ0v) is 19.0. The standard InChI is InChI=1S/C20H38.C4H6.C3H3N/c1-4-7-9-11-12-13-15-17-19-20(6-3)18-16-14-10-8-5-2;1-3-4-2;1-2-3-4/h6,15,17,20H,3-5,7-14,16,18-19H2,1-2H3;3-4H,1-2H2;2H,1H2. The molecule has 28 heavy (non-hydrogen) atoms. The van der Waals surface area contributed by atoms with Crippen LogP contribution in [-0.4, -0.2) is 0 Å². The molecule has 0 aromatic heterocycles. The Morgan fingerprint density at radius 3 is 1.68 bits per heavy atom. The van der Waals surface area contributed by atoms with Crippen molar-refractivity contribution in [1.82, 2.24) is 0 Å². The van der Waals surface area contributed by atoms with Crippen molar-refractivity contribution in [3.8, 4) is 6.07 Å². The molecule has 0 saturated carbocycles. The molecular weight excluding hydrogens is 338 g/mol. The summed E-state index contributed by atoms with van der Waals surface area (Å²) in [5, 5.41) is 7.51. The van der Waals surface area contributed by atoms with Gasteiger partial charge in [0.25, 0.3) is 0 Å². The van der Waals surface area contributed by atoms with Gasteiger partial charge in [-0.2, -0.15) is 5.26 Å². The lowest BCUT2D eigenvalue weighted by Gasteiger charge is -2.09. The molecule has 0 bridgehead atoms. The lowest BCUT2D eigenvalue weighted by atomic mass is 9.97. The molecule has 0 N–H and O–H groups in total. The van der Waals surface area contributed by atoms with Crippen molar-refractivity contribution in [2.75, 3.05) is 0 Å². The summed E-state index contributed by atoms with van der Waals surface area (Å²) in [4.78, 5) is 0. The third kappa shape index (κ3) is 35.3. The highest BCUT2D eigenvalue weighted by atomic mass is 14.2. The van der Waals surface area contributed by atoms with Crippen LogP contribution in [0.25, 0.3) is 0 Å². The average Bonchev–Trinajstić information content (AvgIpc) is 2.74. The fourth-order valence-corrected chi connectivity index (χ4v) is 2.60. The third-order valence-electron chi connectivity index (χ3n) is 4.35. The van der Waals surface area contributed by atoms with Crippen LogP contribution < -0.4 is 0 Å². The van der Waals surface area contributed by atoms with E-state index < -0.39 is 0 Å². The molecule has 0 spiro atoms. The normalized spacial score (nSPS) is 10.5. The maximum Gasteiger partial charge on any atom is 0.0905 e. The van der Waals surface area contributed by atoms with E-state index in [1.54, 1.807) is 18.2 Å². The Labute approximate surface area is 177 Å². The fraction of sp³-hybridized carbons (Fsp3) is 0.593. The van der Waals surface area contributed by atoms with Crippen molar-refractivity contribution in [1.29, 1.82) is 5.26 Å². The van der Waals surface area contributed by atoms with Crippen molar-refractivity contribution in [3.63, 3.8) is 0 Å². The Balaban J connectivity index is -0.000000656. The van der Waals surface area contributed by atoms with Crippen molar-refractivity contribution < 1.29 is 0 Å². The Kier molecular flexibility index (Phi) is 36.2. The van der Waals surface area contributed by atoms with Gasteiger partial charge >= 0.3 is 0 Å². The van der Waals surface area contributed by atoms with Crippen LogP contribution in [0.5, 0.6) is 0 Å². The second-order valence-electron chi connectivity index (χ2n) is 6.91. The van der Waals surface area contributed by atoms with Gasteiger partial charge in [-0.3, -0.25) is 0 Å². The molecule has 0 heterocycles. The second-order valence-corrected chi connectivity index (χ2v) is 6.91. The first kappa shape index (κ1) is 30.9. The van der Waals surface area contributed by atoms with E-state index in [2.05, 4.69) is 58.4 Å². The minimum absolute atomic E-state index is 0.702. The van der Waals surface area contributed by atoms with E-state index in [4.69, 9.17) is 5.26 Å². The minimum Gasteiger partial charge on any atom is -0.193 e. The van der Waals surface area contributed by atoms with Gasteiger partial charge in [0, 0.05) is 6.08 Å². The van der Waals surface area contributed by atoms with Gasteiger partial charge in [0.2, 0.25) is 0 Å². The fourth-order valence-electron chi connectivity index (χ4n) is 2.60. The predicted molar refractivity (Wildman–Crippen MR) is 130 cm³/mol. The molecule has 0 aromatic carbocycles. The molecule has 0 aliphatic carbocycles. The summed E-state index contributed by atoms with van der Waals surface area (Å²) in [5.74, 6) is 0.702. The van der Waals surface area contributed by atoms with E-state index in [9.17, 15) is 0 Å². The van der Waals surface area contributed by atoms with Crippen LogP contribution in [0.3, 0.4) is 0 Å². The highest BCUT2D eigenvalue weighted by molar-refractivity contribution is 4.93. The molecule has 0 rings (SSSR count). The van der Waals surface area contributed by atoms with Crippen molar-refractivity contribution in [2.45, 2.75) is 97.3 Å². The topological polar surface area (TPSA) is 23.8 Å². The van der Waals surface area contributed by atoms with Crippen LogP contribution in [0.1, 0.15) is 97.3 Å². The van der Waals surface area contributed by atoms with E-state index >= 15 is 0 Å². The van der Waals surface area contributed by atoms with Gasteiger partial charge in [-0.25, -0.2) is 0 Å². The lowest BCUT2D eigenvalue weighted by Crippen LogP contribution is -1.94. The molecule has 1 unspecified atom stereocenters. The zero-order chi connectivity index (χ0) is 21.7. The summed E-state index contributed by atoms with van der Waals surface area (Å²) < 4.78 is 0. The molecule has 0 amide bonds. The Hall–Kier alpha value is -1.81. The Morgan fingerprint density at radius 1 is 0.750 bits per heavy atom. The molecule has 1 nitrogen and oxygen atoms in total. The number of hydrogen-bond donors (Lipinski definition) is 0. The monoisotopic (exact) mass is 385 g/mol. The number of nitrogens with zero attached hydrogens (tertiary/aromatic N) is 1. The molecule has 1 heteroatoms. The average molecular weight is 386 g/mol. The maximum absolute atomic E-state index is 7.51. The Morgan fingerprint density at radius 2 is 1.25 bits per heavy atom. The SMILES string of the molecule is C=CC#N.C=CC(CC=CCCCCCCC)CCCCCCC.C=CC=C. The quantitative estimate of drug-likeness (QED) is 0.112. The first-order chi connectivity index (χ1) is 13.7. The Bertz CT molecular complexity index is 391. The van der Waals surface area contributed by atoms with Gasteiger partial charge < -0.3 is 0 Å². The summed E-state index contributed by atoms with van der Waals surface area (Å²) in [6.45, 7) is 18.4. The zero-order valence-electron chi connectivity index (χ0n) is 19.0. The number of nitriles is 1. The molecule has 0 aromatic rings. The van der Waals surface area contributed by atoms with Crippen molar-refractivity contribution in [3.05, 3.63) is 62.8 Å². The van der Waals surface area contributed by atoms with Gasteiger partial charge in [-0.05, 0) is 31.6 Å². The minimum atomic E-state index is 0.702. The summed E-state index contributed by atoms with van der Waals surface area (Å²) in [6, 6.07) is 1.69. The molecule has 0 aliphatic rings. The summed E-state index contributed by atoms with van der Waals surface area (Å²) >= 11 is 0. The highest BCUT2D eigenvalue weighted by Crippen LogP contribution is 2.17. The van der Waals surface area contributed by atoms with E-state index in [0.717, 1.165) is 0 Å². The molecule has 1 atom stereocenters. The van der Waals surface area contributed by atoms with Crippen LogP contribution in [-0.2, 0) is 0 Å². The van der Waals surface area contributed by atoms with Crippen LogP contribution in [0.2, 0.25) is 0 Å². The molecule has 160 valence electrons. The molecule has 0 fully saturated rings. The number of rotatable bonds is 16. The molecule has 0 saturated heterocycles. The molecule has 0 aliphatic heterocycles. The van der Waals surface area contributed by atoms with Crippen molar-refractivity contribution >= 4 is 0 Å². The largest absolute Gasteiger partial charge is 0.193 e. The van der Waals surface area contributed by atoms with E-state index in [-0.39, 0.29) is 0 Å². The van der Waals surface area contributed by atoms with Gasteiger partial charge in [-0.1, -0.05) is 122 Å². The third-order valence-corrected chi connectivity index (χ3v) is 4.35. The van der Waals surface area contributed by atoms with Gasteiger partial charge in [0.15, 0.2) is 0 Å². The highest BCUT2D eigenvalue weighted by Gasteiger charge is 2.01. The predicted octanol–water partition coefficient (Wildman–Crippen LogP) is 9.51.